The van der Waals surface area contributed by atoms with Crippen molar-refractivity contribution in [3.63, 3.8) is 0 Å². The first kappa shape index (κ1) is 13.1. The highest BCUT2D eigenvalue weighted by atomic mass is 19.4. The largest absolute Gasteiger partial charge is 0.416 e. The summed E-state index contributed by atoms with van der Waals surface area (Å²) in [5.41, 5.74) is -0.134. The maximum atomic E-state index is 12.5. The van der Waals surface area contributed by atoms with Gasteiger partial charge < -0.3 is 9.67 Å². The van der Waals surface area contributed by atoms with Crippen LogP contribution in [0, 0.1) is 0 Å². The van der Waals surface area contributed by atoms with Crippen LogP contribution in [0.4, 0.5) is 13.2 Å². The van der Waals surface area contributed by atoms with Crippen molar-refractivity contribution in [1.82, 2.24) is 14.8 Å². The second-order valence-corrected chi connectivity index (χ2v) is 4.77. The van der Waals surface area contributed by atoms with Crippen molar-refractivity contribution in [2.75, 3.05) is 0 Å². The molecule has 0 spiro atoms. The number of rotatable bonds is 1. The molecule has 2 heterocycles. The summed E-state index contributed by atoms with van der Waals surface area (Å²) in [7, 11) is 0. The molecule has 3 rings (SSSR count). The van der Waals surface area contributed by atoms with Gasteiger partial charge in [-0.25, -0.2) is 0 Å². The second-order valence-electron chi connectivity index (χ2n) is 4.77. The summed E-state index contributed by atoms with van der Waals surface area (Å²) in [6, 6.07) is 4.80. The van der Waals surface area contributed by atoms with Gasteiger partial charge in [0.15, 0.2) is 11.6 Å². The van der Waals surface area contributed by atoms with E-state index in [1.165, 1.54) is 12.1 Å². The average molecular weight is 283 g/mol. The zero-order valence-electron chi connectivity index (χ0n) is 10.4. The molecule has 0 amide bonds. The van der Waals surface area contributed by atoms with Crippen molar-refractivity contribution in [2.24, 2.45) is 0 Å². The Kier molecular flexibility index (Phi) is 3.01. The van der Waals surface area contributed by atoms with Crippen molar-refractivity contribution in [1.29, 1.82) is 0 Å². The topological polar surface area (TPSA) is 50.9 Å². The van der Waals surface area contributed by atoms with E-state index in [1.807, 2.05) is 0 Å². The number of fused-ring (bicyclic) bond motifs is 1. The molecule has 1 aliphatic heterocycles. The van der Waals surface area contributed by atoms with E-state index in [9.17, 15) is 18.3 Å². The number of nitrogens with zero attached hydrogens (tertiary/aromatic N) is 3. The summed E-state index contributed by atoms with van der Waals surface area (Å²) < 4.78 is 39.3. The van der Waals surface area contributed by atoms with Crippen LogP contribution in [-0.4, -0.2) is 19.9 Å². The van der Waals surface area contributed by atoms with Gasteiger partial charge in [0.2, 0.25) is 0 Å². The number of aliphatic hydroxyl groups is 1. The van der Waals surface area contributed by atoms with Crippen LogP contribution in [0.2, 0.25) is 0 Å². The van der Waals surface area contributed by atoms with E-state index < -0.39 is 17.8 Å². The number of alkyl halides is 3. The zero-order chi connectivity index (χ0) is 14.3. The van der Waals surface area contributed by atoms with Gasteiger partial charge in [0, 0.05) is 12.1 Å². The number of aliphatic hydroxyl groups excluding tert-OH is 1. The highest BCUT2D eigenvalue weighted by Crippen LogP contribution is 2.32. The van der Waals surface area contributed by atoms with Crippen LogP contribution < -0.4 is 0 Å². The van der Waals surface area contributed by atoms with E-state index in [-0.39, 0.29) is 0 Å². The first-order chi connectivity index (χ1) is 9.47. The Morgan fingerprint density at radius 2 is 1.85 bits per heavy atom. The molecule has 4 nitrogen and oxygen atoms in total. The van der Waals surface area contributed by atoms with Crippen molar-refractivity contribution in [3.05, 3.63) is 35.7 Å². The molecule has 7 heteroatoms. The van der Waals surface area contributed by atoms with Crippen LogP contribution in [0.5, 0.6) is 0 Å². The third-order valence-electron chi connectivity index (χ3n) is 3.41. The summed E-state index contributed by atoms with van der Waals surface area (Å²) in [6.45, 7) is 0.662. The Bertz CT molecular complexity index is 619. The molecule has 1 atom stereocenters. The number of halogens is 3. The first-order valence-electron chi connectivity index (χ1n) is 6.25. The molecular formula is C13H12F3N3O. The van der Waals surface area contributed by atoms with Crippen molar-refractivity contribution in [2.45, 2.75) is 31.7 Å². The summed E-state index contributed by atoms with van der Waals surface area (Å²) in [5, 5.41) is 17.7. The van der Waals surface area contributed by atoms with E-state index >= 15 is 0 Å². The van der Waals surface area contributed by atoms with Crippen molar-refractivity contribution < 1.29 is 18.3 Å². The lowest BCUT2D eigenvalue weighted by Crippen LogP contribution is -2.16. The van der Waals surface area contributed by atoms with Gasteiger partial charge in [-0.2, -0.15) is 13.2 Å². The van der Waals surface area contributed by atoms with Crippen LogP contribution in [0.15, 0.2) is 24.3 Å². The van der Waals surface area contributed by atoms with Gasteiger partial charge in [0.05, 0.1) is 5.56 Å². The van der Waals surface area contributed by atoms with E-state index in [2.05, 4.69) is 10.2 Å². The van der Waals surface area contributed by atoms with E-state index in [0.29, 0.717) is 30.2 Å². The van der Waals surface area contributed by atoms with Crippen LogP contribution in [0.1, 0.15) is 30.3 Å². The summed E-state index contributed by atoms with van der Waals surface area (Å²) in [5.74, 6) is 0.971. The van der Waals surface area contributed by atoms with E-state index in [4.69, 9.17) is 0 Å². The third kappa shape index (κ3) is 2.18. The fourth-order valence-electron chi connectivity index (χ4n) is 2.38. The summed E-state index contributed by atoms with van der Waals surface area (Å²) in [4.78, 5) is 0. The molecule has 0 fully saturated rings. The highest BCUT2D eigenvalue weighted by Gasteiger charge is 2.30. The molecule has 0 bridgehead atoms. The lowest BCUT2D eigenvalue weighted by Gasteiger charge is -2.19. The lowest BCUT2D eigenvalue weighted by atomic mass is 10.1. The SMILES string of the molecule is OC1CCCn2c(-c3ccc(C(F)(F)F)cc3)nnc21. The maximum absolute atomic E-state index is 12.5. The molecule has 20 heavy (non-hydrogen) atoms. The monoisotopic (exact) mass is 283 g/mol. The first-order valence-corrected chi connectivity index (χ1v) is 6.25. The number of hydrogen-bond donors (Lipinski definition) is 1. The Morgan fingerprint density at radius 1 is 1.15 bits per heavy atom. The Balaban J connectivity index is 1.98. The number of hydrogen-bond acceptors (Lipinski definition) is 3. The van der Waals surface area contributed by atoms with Gasteiger partial charge in [-0.05, 0) is 25.0 Å². The van der Waals surface area contributed by atoms with Gasteiger partial charge >= 0.3 is 6.18 Å². The summed E-state index contributed by atoms with van der Waals surface area (Å²) in [6.07, 6.45) is -3.58. The normalized spacial score (nSPS) is 18.9. The number of benzene rings is 1. The van der Waals surface area contributed by atoms with Crippen LogP contribution >= 0.6 is 0 Å². The quantitative estimate of drug-likeness (QED) is 0.875. The molecule has 106 valence electrons. The average Bonchev–Trinajstić information content (AvgIpc) is 2.83. The smallest absolute Gasteiger partial charge is 0.385 e. The van der Waals surface area contributed by atoms with Crippen LogP contribution in [-0.2, 0) is 12.7 Å². The molecule has 1 unspecified atom stereocenters. The highest BCUT2D eigenvalue weighted by molar-refractivity contribution is 5.56. The molecule has 0 aliphatic carbocycles. The predicted octanol–water partition coefficient (Wildman–Crippen LogP) is 2.79. The van der Waals surface area contributed by atoms with Gasteiger partial charge in [-0.3, -0.25) is 0 Å². The summed E-state index contributed by atoms with van der Waals surface area (Å²) >= 11 is 0. The lowest BCUT2D eigenvalue weighted by molar-refractivity contribution is -0.137. The van der Waals surface area contributed by atoms with Gasteiger partial charge in [-0.15, -0.1) is 10.2 Å². The standard InChI is InChI=1S/C13H12F3N3O/c14-13(15,16)9-5-3-8(4-6-9)11-17-18-12-10(20)2-1-7-19(11)12/h3-6,10,20H,1-2,7H2. The van der Waals surface area contributed by atoms with Crippen LogP contribution in [0.25, 0.3) is 11.4 Å². The molecule has 1 aromatic heterocycles. The van der Waals surface area contributed by atoms with Crippen molar-refractivity contribution in [3.8, 4) is 11.4 Å². The Labute approximate surface area is 112 Å². The molecule has 2 aromatic rings. The molecular weight excluding hydrogens is 271 g/mol. The third-order valence-corrected chi connectivity index (χ3v) is 3.41. The Hall–Kier alpha value is -1.89. The zero-order valence-corrected chi connectivity index (χ0v) is 10.4. The Morgan fingerprint density at radius 3 is 2.50 bits per heavy atom. The predicted molar refractivity (Wildman–Crippen MR) is 64.7 cm³/mol. The minimum atomic E-state index is -4.35. The van der Waals surface area contributed by atoms with Crippen LogP contribution in [0.3, 0.4) is 0 Å². The van der Waals surface area contributed by atoms with Gasteiger partial charge in [-0.1, -0.05) is 12.1 Å². The van der Waals surface area contributed by atoms with Gasteiger partial charge in [0.25, 0.3) is 0 Å². The van der Waals surface area contributed by atoms with Crippen molar-refractivity contribution >= 4 is 0 Å². The van der Waals surface area contributed by atoms with Gasteiger partial charge in [0.1, 0.15) is 6.10 Å². The minimum Gasteiger partial charge on any atom is -0.385 e. The minimum absolute atomic E-state index is 0.478. The van der Waals surface area contributed by atoms with E-state index in [0.717, 1.165) is 18.6 Å². The molecule has 0 saturated heterocycles. The fourth-order valence-corrected chi connectivity index (χ4v) is 2.38. The maximum Gasteiger partial charge on any atom is 0.416 e. The van der Waals surface area contributed by atoms with E-state index in [1.54, 1.807) is 4.57 Å². The molecule has 1 aromatic carbocycles. The molecule has 0 saturated carbocycles. The number of aromatic nitrogens is 3. The molecule has 1 N–H and O–H groups in total. The molecule has 0 radical (unpaired) electrons. The fraction of sp³-hybridized carbons (Fsp3) is 0.385. The molecule has 1 aliphatic rings. The second kappa shape index (κ2) is 4.59.